The lowest BCUT2D eigenvalue weighted by atomic mass is 10.2. The maximum absolute atomic E-state index is 12.3. The molecule has 0 amide bonds. The van der Waals surface area contributed by atoms with Gasteiger partial charge in [-0.15, -0.1) is 0 Å². The third-order valence-corrected chi connectivity index (χ3v) is 2.29. The van der Waals surface area contributed by atoms with Crippen molar-refractivity contribution in [2.24, 2.45) is 0 Å². The fourth-order valence-corrected chi connectivity index (χ4v) is 1.32. The number of pyridine rings is 1. The highest BCUT2D eigenvalue weighted by Crippen LogP contribution is 2.27. The Labute approximate surface area is 102 Å². The molecular formula is C11H13F3N2O2. The van der Waals surface area contributed by atoms with Crippen LogP contribution in [0.3, 0.4) is 0 Å². The van der Waals surface area contributed by atoms with Gasteiger partial charge in [-0.05, 0) is 18.6 Å². The Morgan fingerprint density at radius 1 is 1.50 bits per heavy atom. The summed E-state index contributed by atoms with van der Waals surface area (Å²) in [5.41, 5.74) is -0.639. The molecule has 1 unspecified atom stereocenters. The number of rotatable bonds is 4. The van der Waals surface area contributed by atoms with Crippen molar-refractivity contribution in [1.82, 2.24) is 4.98 Å². The SMILES string of the molecule is CCC(Nc1ccc(C(F)(F)F)nc1)C(=O)OC. The van der Waals surface area contributed by atoms with Crippen LogP contribution in [0.1, 0.15) is 19.0 Å². The lowest BCUT2D eigenvalue weighted by Gasteiger charge is -2.15. The second kappa shape index (κ2) is 5.70. The van der Waals surface area contributed by atoms with Crippen LogP contribution in [0.25, 0.3) is 0 Å². The van der Waals surface area contributed by atoms with Gasteiger partial charge < -0.3 is 10.1 Å². The summed E-state index contributed by atoms with van der Waals surface area (Å²) in [4.78, 5) is 14.6. The van der Waals surface area contributed by atoms with Gasteiger partial charge in [-0.1, -0.05) is 6.92 Å². The molecule has 1 heterocycles. The molecule has 7 heteroatoms. The molecule has 0 bridgehead atoms. The number of ether oxygens (including phenoxy) is 1. The minimum atomic E-state index is -4.47. The van der Waals surface area contributed by atoms with Gasteiger partial charge in [0, 0.05) is 0 Å². The molecule has 18 heavy (non-hydrogen) atoms. The van der Waals surface area contributed by atoms with Crippen molar-refractivity contribution in [2.45, 2.75) is 25.6 Å². The van der Waals surface area contributed by atoms with Crippen molar-refractivity contribution < 1.29 is 22.7 Å². The van der Waals surface area contributed by atoms with Gasteiger partial charge in [0.05, 0.1) is 19.0 Å². The van der Waals surface area contributed by atoms with Crippen molar-refractivity contribution in [1.29, 1.82) is 0 Å². The number of hydrogen-bond acceptors (Lipinski definition) is 4. The molecule has 0 aromatic carbocycles. The van der Waals surface area contributed by atoms with Gasteiger partial charge in [-0.25, -0.2) is 9.78 Å². The van der Waals surface area contributed by atoms with E-state index in [0.29, 0.717) is 12.1 Å². The number of anilines is 1. The maximum Gasteiger partial charge on any atom is 0.433 e. The third kappa shape index (κ3) is 3.61. The van der Waals surface area contributed by atoms with Crippen molar-refractivity contribution in [3.63, 3.8) is 0 Å². The number of carbonyl (C=O) groups excluding carboxylic acids is 1. The monoisotopic (exact) mass is 262 g/mol. The topological polar surface area (TPSA) is 51.2 Å². The molecule has 0 spiro atoms. The van der Waals surface area contributed by atoms with Crippen LogP contribution in [0.15, 0.2) is 18.3 Å². The Morgan fingerprint density at radius 2 is 2.17 bits per heavy atom. The third-order valence-electron chi connectivity index (χ3n) is 2.29. The molecular weight excluding hydrogens is 249 g/mol. The van der Waals surface area contributed by atoms with Gasteiger partial charge >= 0.3 is 12.1 Å². The molecule has 0 saturated heterocycles. The highest BCUT2D eigenvalue weighted by molar-refractivity contribution is 5.78. The van der Waals surface area contributed by atoms with E-state index in [4.69, 9.17) is 0 Å². The van der Waals surface area contributed by atoms with E-state index in [2.05, 4.69) is 15.0 Å². The lowest BCUT2D eigenvalue weighted by molar-refractivity contribution is -0.142. The smallest absolute Gasteiger partial charge is 0.433 e. The summed E-state index contributed by atoms with van der Waals surface area (Å²) in [6.07, 6.45) is -2.98. The van der Waals surface area contributed by atoms with Crippen LogP contribution in [0.4, 0.5) is 18.9 Å². The van der Waals surface area contributed by atoms with Crippen LogP contribution in [-0.4, -0.2) is 24.1 Å². The highest BCUT2D eigenvalue weighted by atomic mass is 19.4. The summed E-state index contributed by atoms with van der Waals surface area (Å²) >= 11 is 0. The lowest BCUT2D eigenvalue weighted by Crippen LogP contribution is -2.29. The average molecular weight is 262 g/mol. The van der Waals surface area contributed by atoms with Crippen molar-refractivity contribution in [2.75, 3.05) is 12.4 Å². The van der Waals surface area contributed by atoms with Crippen LogP contribution < -0.4 is 5.32 Å². The van der Waals surface area contributed by atoms with Crippen LogP contribution in [0.5, 0.6) is 0 Å². The molecule has 0 fully saturated rings. The summed E-state index contributed by atoms with van der Waals surface area (Å²) in [5.74, 6) is -0.475. The largest absolute Gasteiger partial charge is 0.467 e. The van der Waals surface area contributed by atoms with E-state index in [9.17, 15) is 18.0 Å². The van der Waals surface area contributed by atoms with Gasteiger partial charge in [0.15, 0.2) is 0 Å². The number of alkyl halides is 3. The van der Waals surface area contributed by atoms with E-state index < -0.39 is 23.9 Å². The molecule has 1 rings (SSSR count). The number of methoxy groups -OCH3 is 1. The number of aromatic nitrogens is 1. The number of carbonyl (C=O) groups is 1. The molecule has 0 saturated carbocycles. The Balaban J connectivity index is 2.77. The van der Waals surface area contributed by atoms with Crippen molar-refractivity contribution >= 4 is 11.7 Å². The van der Waals surface area contributed by atoms with Crippen LogP contribution >= 0.6 is 0 Å². The predicted molar refractivity (Wildman–Crippen MR) is 59.0 cm³/mol. The van der Waals surface area contributed by atoms with Gasteiger partial charge in [0.25, 0.3) is 0 Å². The van der Waals surface area contributed by atoms with E-state index in [1.807, 2.05) is 0 Å². The van der Waals surface area contributed by atoms with Gasteiger partial charge in [0.2, 0.25) is 0 Å². The number of nitrogens with zero attached hydrogens (tertiary/aromatic N) is 1. The van der Waals surface area contributed by atoms with Gasteiger partial charge in [-0.3, -0.25) is 0 Å². The van der Waals surface area contributed by atoms with Crippen LogP contribution in [0, 0.1) is 0 Å². The number of esters is 1. The zero-order valence-corrected chi connectivity index (χ0v) is 9.91. The van der Waals surface area contributed by atoms with Gasteiger partial charge in [-0.2, -0.15) is 13.2 Å². The fraction of sp³-hybridized carbons (Fsp3) is 0.455. The zero-order chi connectivity index (χ0) is 13.8. The minimum Gasteiger partial charge on any atom is -0.467 e. The quantitative estimate of drug-likeness (QED) is 0.847. The predicted octanol–water partition coefficient (Wildman–Crippen LogP) is 2.46. The molecule has 1 aromatic heterocycles. The average Bonchev–Trinajstić information content (AvgIpc) is 2.34. The Bertz CT molecular complexity index is 404. The number of hydrogen-bond donors (Lipinski definition) is 1. The molecule has 0 aliphatic heterocycles. The summed E-state index contributed by atoms with van der Waals surface area (Å²) in [7, 11) is 1.25. The minimum absolute atomic E-state index is 0.334. The standard InChI is InChI=1S/C11H13F3N2O2/c1-3-8(10(17)18-2)16-7-4-5-9(15-6-7)11(12,13)14/h4-6,8,16H,3H2,1-2H3. The van der Waals surface area contributed by atoms with E-state index in [-0.39, 0.29) is 0 Å². The molecule has 4 nitrogen and oxygen atoms in total. The summed E-state index contributed by atoms with van der Waals surface area (Å²) in [6, 6.07) is 1.47. The Kier molecular flexibility index (Phi) is 4.52. The second-order valence-corrected chi connectivity index (χ2v) is 3.56. The Morgan fingerprint density at radius 3 is 2.56 bits per heavy atom. The van der Waals surface area contributed by atoms with Gasteiger partial charge in [0.1, 0.15) is 11.7 Å². The van der Waals surface area contributed by atoms with E-state index >= 15 is 0 Å². The molecule has 0 radical (unpaired) electrons. The Hall–Kier alpha value is -1.79. The normalized spacial score (nSPS) is 12.9. The first-order valence-electron chi connectivity index (χ1n) is 5.26. The van der Waals surface area contributed by atoms with Crippen molar-refractivity contribution in [3.05, 3.63) is 24.0 Å². The first kappa shape index (κ1) is 14.3. The van der Waals surface area contributed by atoms with Crippen LogP contribution in [0.2, 0.25) is 0 Å². The molecule has 0 aliphatic rings. The van der Waals surface area contributed by atoms with Crippen LogP contribution in [-0.2, 0) is 15.7 Å². The molecule has 1 N–H and O–H groups in total. The summed E-state index contributed by atoms with van der Waals surface area (Å²) < 4.78 is 41.4. The molecule has 0 aliphatic carbocycles. The summed E-state index contributed by atoms with van der Waals surface area (Å²) in [6.45, 7) is 1.76. The second-order valence-electron chi connectivity index (χ2n) is 3.56. The molecule has 1 atom stereocenters. The molecule has 100 valence electrons. The van der Waals surface area contributed by atoms with E-state index in [1.54, 1.807) is 6.92 Å². The first-order chi connectivity index (χ1) is 8.38. The van der Waals surface area contributed by atoms with Crippen molar-refractivity contribution in [3.8, 4) is 0 Å². The zero-order valence-electron chi connectivity index (χ0n) is 9.91. The van der Waals surface area contributed by atoms with E-state index in [1.165, 1.54) is 13.2 Å². The molecule has 1 aromatic rings. The fourth-order valence-electron chi connectivity index (χ4n) is 1.32. The number of halogens is 3. The highest BCUT2D eigenvalue weighted by Gasteiger charge is 2.32. The maximum atomic E-state index is 12.3. The first-order valence-corrected chi connectivity index (χ1v) is 5.26. The van der Waals surface area contributed by atoms with E-state index in [0.717, 1.165) is 12.3 Å². The number of nitrogens with one attached hydrogen (secondary N) is 1. The summed E-state index contributed by atoms with van der Waals surface area (Å²) in [5, 5.41) is 2.75.